The Kier molecular flexibility index (Phi) is 7.47. The van der Waals surface area contributed by atoms with Crippen molar-refractivity contribution in [3.8, 4) is 0 Å². The van der Waals surface area contributed by atoms with Crippen LogP contribution in [0.3, 0.4) is 0 Å². The molecule has 0 spiro atoms. The van der Waals surface area contributed by atoms with Crippen molar-refractivity contribution in [2.75, 3.05) is 12.4 Å². The van der Waals surface area contributed by atoms with E-state index in [2.05, 4.69) is 5.32 Å². The van der Waals surface area contributed by atoms with Crippen LogP contribution in [0.15, 0.2) is 24.3 Å². The van der Waals surface area contributed by atoms with Gasteiger partial charge in [-0.2, -0.15) is 0 Å². The number of hydrogen-bond donors (Lipinski definition) is 1. The first kappa shape index (κ1) is 16.9. The molecular formula is C14H18ClNO3S. The van der Waals surface area contributed by atoms with Gasteiger partial charge in [0.15, 0.2) is 0 Å². The van der Waals surface area contributed by atoms with Crippen LogP contribution in [0.4, 0.5) is 0 Å². The van der Waals surface area contributed by atoms with Crippen LogP contribution in [0.25, 0.3) is 0 Å². The molecule has 0 saturated heterocycles. The minimum Gasteiger partial charge on any atom is -0.464 e. The second kappa shape index (κ2) is 8.87. The molecule has 0 saturated carbocycles. The fourth-order valence-corrected chi connectivity index (χ4v) is 2.60. The van der Waals surface area contributed by atoms with Crippen LogP contribution in [0, 0.1) is 0 Å². The number of halogens is 1. The van der Waals surface area contributed by atoms with Crippen LogP contribution in [0.5, 0.6) is 0 Å². The van der Waals surface area contributed by atoms with Crippen molar-refractivity contribution in [1.82, 2.24) is 5.32 Å². The summed E-state index contributed by atoms with van der Waals surface area (Å²) in [5.41, 5.74) is 0.991. The van der Waals surface area contributed by atoms with Crippen LogP contribution in [0.1, 0.15) is 19.4 Å². The molecule has 0 aliphatic rings. The van der Waals surface area contributed by atoms with Crippen LogP contribution in [-0.2, 0) is 20.1 Å². The van der Waals surface area contributed by atoms with Gasteiger partial charge in [-0.25, -0.2) is 4.79 Å². The average Bonchev–Trinajstić information content (AvgIpc) is 2.41. The Morgan fingerprint density at radius 2 is 2.10 bits per heavy atom. The van der Waals surface area contributed by atoms with Gasteiger partial charge in [0.1, 0.15) is 6.04 Å². The Morgan fingerprint density at radius 3 is 2.75 bits per heavy atom. The number of nitrogens with one attached hydrogen (secondary N) is 1. The molecule has 0 radical (unpaired) electrons. The number of rotatable bonds is 7. The zero-order valence-corrected chi connectivity index (χ0v) is 13.1. The highest BCUT2D eigenvalue weighted by Gasteiger charge is 2.16. The van der Waals surface area contributed by atoms with Gasteiger partial charge in [0.25, 0.3) is 0 Å². The van der Waals surface area contributed by atoms with Crippen molar-refractivity contribution >= 4 is 35.2 Å². The van der Waals surface area contributed by atoms with Crippen LogP contribution < -0.4 is 5.32 Å². The Morgan fingerprint density at radius 1 is 1.40 bits per heavy atom. The fraction of sp³-hybridized carbons (Fsp3) is 0.429. The Labute approximate surface area is 128 Å². The smallest absolute Gasteiger partial charge is 0.328 e. The average molecular weight is 316 g/mol. The van der Waals surface area contributed by atoms with Gasteiger partial charge in [0.2, 0.25) is 5.91 Å². The van der Waals surface area contributed by atoms with E-state index in [1.165, 1.54) is 11.8 Å². The van der Waals surface area contributed by atoms with Crippen LogP contribution >= 0.6 is 23.4 Å². The van der Waals surface area contributed by atoms with Crippen molar-refractivity contribution in [3.63, 3.8) is 0 Å². The second-order valence-electron chi connectivity index (χ2n) is 4.13. The lowest BCUT2D eigenvalue weighted by Gasteiger charge is -2.12. The first-order chi connectivity index (χ1) is 9.54. The predicted molar refractivity (Wildman–Crippen MR) is 81.9 cm³/mol. The molecule has 4 nitrogen and oxygen atoms in total. The highest BCUT2D eigenvalue weighted by molar-refractivity contribution is 7.99. The van der Waals surface area contributed by atoms with Gasteiger partial charge in [0.05, 0.1) is 12.4 Å². The molecule has 1 N–H and O–H groups in total. The lowest BCUT2D eigenvalue weighted by atomic mass is 10.2. The van der Waals surface area contributed by atoms with E-state index in [1.54, 1.807) is 13.8 Å². The van der Waals surface area contributed by atoms with E-state index >= 15 is 0 Å². The first-order valence-corrected chi connectivity index (χ1v) is 7.85. The van der Waals surface area contributed by atoms with E-state index in [0.717, 1.165) is 5.56 Å². The van der Waals surface area contributed by atoms with E-state index in [0.29, 0.717) is 17.4 Å². The van der Waals surface area contributed by atoms with Gasteiger partial charge >= 0.3 is 5.97 Å². The summed E-state index contributed by atoms with van der Waals surface area (Å²) in [5, 5.41) is 3.29. The molecule has 1 aromatic carbocycles. The highest BCUT2D eigenvalue weighted by Crippen LogP contribution is 2.20. The van der Waals surface area contributed by atoms with Gasteiger partial charge < -0.3 is 10.1 Å². The summed E-state index contributed by atoms with van der Waals surface area (Å²) >= 11 is 7.47. The molecule has 0 fully saturated rings. The highest BCUT2D eigenvalue weighted by atomic mass is 35.5. The minimum atomic E-state index is -0.622. The Balaban J connectivity index is 2.30. The maximum Gasteiger partial charge on any atom is 0.328 e. The molecule has 0 aromatic heterocycles. The molecule has 1 amide bonds. The summed E-state index contributed by atoms with van der Waals surface area (Å²) in [4.78, 5) is 23.0. The number of thioether (sulfide) groups is 1. The van der Waals surface area contributed by atoms with E-state index in [9.17, 15) is 9.59 Å². The van der Waals surface area contributed by atoms with E-state index < -0.39 is 12.0 Å². The van der Waals surface area contributed by atoms with Gasteiger partial charge in [-0.15, -0.1) is 11.8 Å². The number of carbonyl (C=O) groups is 2. The molecule has 6 heteroatoms. The number of carbonyl (C=O) groups excluding carboxylic acids is 2. The topological polar surface area (TPSA) is 55.4 Å². The largest absolute Gasteiger partial charge is 0.464 e. The lowest BCUT2D eigenvalue weighted by Crippen LogP contribution is -2.40. The molecule has 0 unspecified atom stereocenters. The number of esters is 1. The Bertz CT molecular complexity index is 467. The van der Waals surface area contributed by atoms with Gasteiger partial charge in [0, 0.05) is 10.8 Å². The number of benzene rings is 1. The third kappa shape index (κ3) is 5.84. The summed E-state index contributed by atoms with van der Waals surface area (Å²) in [6.45, 7) is 3.64. The molecule has 0 heterocycles. The zero-order chi connectivity index (χ0) is 15.0. The molecule has 0 aliphatic carbocycles. The summed E-state index contributed by atoms with van der Waals surface area (Å²) in [5.74, 6) is 0.315. The summed E-state index contributed by atoms with van der Waals surface area (Å²) in [6, 6.07) is 6.90. The second-order valence-corrected chi connectivity index (χ2v) is 5.52. The normalized spacial score (nSPS) is 11.8. The van der Waals surface area contributed by atoms with Crippen molar-refractivity contribution in [2.24, 2.45) is 0 Å². The van der Waals surface area contributed by atoms with Crippen molar-refractivity contribution in [2.45, 2.75) is 25.6 Å². The van der Waals surface area contributed by atoms with Crippen molar-refractivity contribution in [3.05, 3.63) is 34.9 Å². The summed E-state index contributed by atoms with van der Waals surface area (Å²) in [6.07, 6.45) is 0. The van der Waals surface area contributed by atoms with Crippen LogP contribution in [-0.4, -0.2) is 30.3 Å². The molecule has 20 heavy (non-hydrogen) atoms. The monoisotopic (exact) mass is 315 g/mol. The standard InChI is InChI=1S/C14H18ClNO3S/c1-3-19-14(18)10(2)16-13(17)9-20-8-11-6-4-5-7-12(11)15/h4-7,10H,3,8-9H2,1-2H3,(H,16,17)/t10-/m0/s1. The molecular weight excluding hydrogens is 298 g/mol. The van der Waals surface area contributed by atoms with Gasteiger partial charge in [-0.3, -0.25) is 4.79 Å². The zero-order valence-electron chi connectivity index (χ0n) is 11.5. The lowest BCUT2D eigenvalue weighted by molar-refractivity contribution is -0.146. The van der Waals surface area contributed by atoms with Crippen LogP contribution in [0.2, 0.25) is 5.02 Å². The Hall–Kier alpha value is -1.20. The van der Waals surface area contributed by atoms with Crippen molar-refractivity contribution < 1.29 is 14.3 Å². The summed E-state index contributed by atoms with van der Waals surface area (Å²) < 4.78 is 4.82. The van der Waals surface area contributed by atoms with Gasteiger partial charge in [-0.1, -0.05) is 29.8 Å². The number of ether oxygens (including phenoxy) is 1. The molecule has 1 aromatic rings. The van der Waals surface area contributed by atoms with E-state index in [1.807, 2.05) is 24.3 Å². The number of amides is 1. The molecule has 1 rings (SSSR count). The van der Waals surface area contributed by atoms with E-state index in [-0.39, 0.29) is 11.7 Å². The van der Waals surface area contributed by atoms with E-state index in [4.69, 9.17) is 16.3 Å². The maximum absolute atomic E-state index is 11.7. The van der Waals surface area contributed by atoms with Crippen molar-refractivity contribution in [1.29, 1.82) is 0 Å². The molecule has 0 aliphatic heterocycles. The maximum atomic E-state index is 11.7. The summed E-state index contributed by atoms with van der Waals surface area (Å²) in [7, 11) is 0. The quantitative estimate of drug-likeness (QED) is 0.786. The molecule has 0 bridgehead atoms. The van der Waals surface area contributed by atoms with Gasteiger partial charge in [-0.05, 0) is 25.5 Å². The molecule has 1 atom stereocenters. The molecule has 110 valence electrons. The third-order valence-corrected chi connectivity index (χ3v) is 3.82. The SMILES string of the molecule is CCOC(=O)[C@H](C)NC(=O)CSCc1ccccc1Cl. The number of hydrogen-bond acceptors (Lipinski definition) is 4. The third-order valence-electron chi connectivity index (χ3n) is 2.47. The fourth-order valence-electron chi connectivity index (χ4n) is 1.48. The minimum absolute atomic E-state index is 0.192. The predicted octanol–water partition coefficient (Wildman–Crippen LogP) is 2.64. The first-order valence-electron chi connectivity index (χ1n) is 6.31.